The number of Topliss-reactive ketones (excluding diaryl/α,β-unsaturated/α-hetero) is 1. The lowest BCUT2D eigenvalue weighted by Crippen LogP contribution is -2.50. The highest BCUT2D eigenvalue weighted by Gasteiger charge is 2.57. The lowest BCUT2D eigenvalue weighted by molar-refractivity contribution is -0.282. The maximum absolute atomic E-state index is 13.3. The molecule has 0 aromatic heterocycles. The fourth-order valence-corrected chi connectivity index (χ4v) is 9.66. The van der Waals surface area contributed by atoms with E-state index < -0.39 is 5.79 Å². The minimum Gasteiger partial charge on any atom is -0.379 e. The SMILES string of the molecule is C=C1CC(CC[C@]23C[C@@H](OC)C(O2)[C@H]2CCC(O3)[C@H]3OC(CC(=O)CC4[C@H](C)OC[C@@H]4OC)CCC3O2)OC1CCC1C[C@@H](C)C(=C)CO1. The molecule has 0 saturated carbocycles. The Kier molecular flexibility index (Phi) is 11.4. The van der Waals surface area contributed by atoms with Crippen molar-refractivity contribution in [1.29, 1.82) is 0 Å². The molecule has 0 aliphatic carbocycles. The van der Waals surface area contributed by atoms with Crippen LogP contribution in [0.4, 0.5) is 0 Å². The van der Waals surface area contributed by atoms with Gasteiger partial charge < -0.3 is 42.6 Å². The fraction of sp³-hybridized carbons (Fsp3) is 0.872. The first kappa shape index (κ1) is 36.2. The molecule has 276 valence electrons. The maximum Gasteiger partial charge on any atom is 0.172 e. The quantitative estimate of drug-likeness (QED) is 0.240. The van der Waals surface area contributed by atoms with Crippen molar-refractivity contribution in [2.24, 2.45) is 11.8 Å². The largest absolute Gasteiger partial charge is 0.379 e. The average molecular weight is 689 g/mol. The molecule has 7 aliphatic rings. The Labute approximate surface area is 292 Å². The minimum absolute atomic E-state index is 0.0135. The Balaban J connectivity index is 0.968. The van der Waals surface area contributed by atoms with E-state index in [1.807, 2.05) is 6.92 Å². The highest BCUT2D eigenvalue weighted by molar-refractivity contribution is 5.79. The number of ketones is 1. The third kappa shape index (κ3) is 7.93. The van der Waals surface area contributed by atoms with Crippen molar-refractivity contribution in [2.75, 3.05) is 27.4 Å². The van der Waals surface area contributed by atoms with Crippen LogP contribution in [0, 0.1) is 11.8 Å². The minimum atomic E-state index is -0.802. The molecular formula is C39H60O10. The van der Waals surface area contributed by atoms with Crippen LogP contribution in [-0.4, -0.2) is 112 Å². The number of rotatable bonds is 12. The summed E-state index contributed by atoms with van der Waals surface area (Å²) in [5, 5.41) is 0. The number of carbonyl (C=O) groups excluding carboxylic acids is 1. The third-order valence-electron chi connectivity index (χ3n) is 12.7. The summed E-state index contributed by atoms with van der Waals surface area (Å²) >= 11 is 0. The Hall–Kier alpha value is -1.21. The molecule has 0 amide bonds. The molecule has 7 fully saturated rings. The van der Waals surface area contributed by atoms with Gasteiger partial charge in [0.05, 0.1) is 74.3 Å². The van der Waals surface area contributed by atoms with Gasteiger partial charge in [-0.3, -0.25) is 4.79 Å². The second kappa shape index (κ2) is 15.4. The van der Waals surface area contributed by atoms with Crippen LogP contribution < -0.4 is 0 Å². The molecular weight excluding hydrogens is 628 g/mol. The maximum atomic E-state index is 13.3. The molecule has 10 heteroatoms. The van der Waals surface area contributed by atoms with Crippen molar-refractivity contribution < 1.29 is 47.4 Å². The predicted octanol–water partition coefficient (Wildman–Crippen LogP) is 5.64. The summed E-state index contributed by atoms with van der Waals surface area (Å²) in [6, 6.07) is 0. The van der Waals surface area contributed by atoms with Gasteiger partial charge in [-0.15, -0.1) is 0 Å². The number of carbonyl (C=O) groups is 1. The average Bonchev–Trinajstić information content (AvgIpc) is 3.73. The number of methoxy groups -OCH3 is 2. The van der Waals surface area contributed by atoms with Crippen LogP contribution in [0.2, 0.25) is 0 Å². The zero-order chi connectivity index (χ0) is 34.3. The van der Waals surface area contributed by atoms with Crippen LogP contribution in [0.3, 0.4) is 0 Å². The summed E-state index contributed by atoms with van der Waals surface area (Å²) < 4.78 is 57.5. The van der Waals surface area contributed by atoms with E-state index in [1.165, 1.54) is 11.1 Å². The van der Waals surface area contributed by atoms with E-state index in [2.05, 4.69) is 20.1 Å². The van der Waals surface area contributed by atoms with Crippen molar-refractivity contribution in [2.45, 2.75) is 176 Å². The summed E-state index contributed by atoms with van der Waals surface area (Å²) in [7, 11) is 3.46. The molecule has 8 unspecified atom stereocenters. The van der Waals surface area contributed by atoms with Crippen LogP contribution in [0.1, 0.15) is 97.3 Å². The molecule has 0 aromatic carbocycles. The molecule has 15 atom stereocenters. The van der Waals surface area contributed by atoms with E-state index in [-0.39, 0.29) is 84.9 Å². The van der Waals surface area contributed by atoms with Crippen molar-refractivity contribution in [1.82, 2.24) is 0 Å². The van der Waals surface area contributed by atoms with Gasteiger partial charge in [-0.05, 0) is 81.8 Å². The lowest BCUT2D eigenvalue weighted by Gasteiger charge is -2.41. The monoisotopic (exact) mass is 688 g/mol. The first-order valence-corrected chi connectivity index (χ1v) is 19.1. The summed E-state index contributed by atoms with van der Waals surface area (Å²) in [6.45, 7) is 14.0. The first-order valence-electron chi connectivity index (χ1n) is 19.1. The molecule has 0 spiro atoms. The molecule has 0 aromatic rings. The van der Waals surface area contributed by atoms with E-state index in [9.17, 15) is 4.79 Å². The summed E-state index contributed by atoms with van der Waals surface area (Å²) in [5.74, 6) is -0.0169. The van der Waals surface area contributed by atoms with Crippen LogP contribution in [-0.2, 0) is 47.4 Å². The smallest absolute Gasteiger partial charge is 0.172 e. The van der Waals surface area contributed by atoms with Crippen LogP contribution in [0.5, 0.6) is 0 Å². The second-order valence-electron chi connectivity index (χ2n) is 16.1. The topological polar surface area (TPSA) is 100 Å². The van der Waals surface area contributed by atoms with Crippen LogP contribution in [0.15, 0.2) is 24.3 Å². The zero-order valence-corrected chi connectivity index (χ0v) is 30.2. The van der Waals surface area contributed by atoms with Gasteiger partial charge in [0.2, 0.25) is 0 Å². The highest BCUT2D eigenvalue weighted by atomic mass is 16.7. The molecule has 7 rings (SSSR count). The molecule has 4 bridgehead atoms. The summed E-state index contributed by atoms with van der Waals surface area (Å²) in [6.07, 6.45) is 9.33. The molecule has 0 N–H and O–H groups in total. The van der Waals surface area contributed by atoms with Crippen LogP contribution >= 0.6 is 0 Å². The van der Waals surface area contributed by atoms with Gasteiger partial charge in [0, 0.05) is 45.8 Å². The molecule has 7 saturated heterocycles. The molecule has 0 radical (unpaired) electrons. The van der Waals surface area contributed by atoms with Gasteiger partial charge in [0.1, 0.15) is 18.0 Å². The van der Waals surface area contributed by atoms with Gasteiger partial charge in [0.15, 0.2) is 5.79 Å². The molecule has 7 heterocycles. The Morgan fingerprint density at radius 2 is 1.57 bits per heavy atom. The normalized spacial score (nSPS) is 46.8. The van der Waals surface area contributed by atoms with Crippen molar-refractivity contribution in [3.63, 3.8) is 0 Å². The van der Waals surface area contributed by atoms with E-state index in [0.29, 0.717) is 44.8 Å². The van der Waals surface area contributed by atoms with Crippen molar-refractivity contribution in [3.05, 3.63) is 24.3 Å². The summed E-state index contributed by atoms with van der Waals surface area (Å²) in [5.41, 5.74) is 2.36. The standard InChI is InChI=1S/C39H60O10/c1-22-15-27(44-20-24(22)3)7-9-31-23(2)16-29(45-31)13-14-39-19-35(41-5)38(49-39)33-11-12-34(48-39)37-32(47-33)10-8-28(46-37)17-26(40)18-30-25(4)43-21-36(30)42-6/h22,25,27-38H,2-3,7-21H2,1,4-6H3/t22-,25+,27?,28?,29?,30?,31?,32?,33-,34?,35-,36+,37+,38?,39-/m1/s1. The van der Waals surface area contributed by atoms with Gasteiger partial charge in [-0.2, -0.15) is 0 Å². The Morgan fingerprint density at radius 3 is 2.37 bits per heavy atom. The molecule has 10 nitrogen and oxygen atoms in total. The van der Waals surface area contributed by atoms with Crippen molar-refractivity contribution in [3.8, 4) is 0 Å². The van der Waals surface area contributed by atoms with E-state index in [4.69, 9.17) is 42.6 Å². The predicted molar refractivity (Wildman–Crippen MR) is 181 cm³/mol. The number of hydrogen-bond donors (Lipinski definition) is 0. The third-order valence-corrected chi connectivity index (χ3v) is 12.7. The Morgan fingerprint density at radius 1 is 0.796 bits per heavy atom. The molecule has 49 heavy (non-hydrogen) atoms. The van der Waals surface area contributed by atoms with E-state index in [1.54, 1.807) is 14.2 Å². The lowest BCUT2D eigenvalue weighted by atomic mass is 9.89. The van der Waals surface area contributed by atoms with E-state index >= 15 is 0 Å². The van der Waals surface area contributed by atoms with Gasteiger partial charge in [0.25, 0.3) is 0 Å². The van der Waals surface area contributed by atoms with Gasteiger partial charge in [-0.25, -0.2) is 0 Å². The van der Waals surface area contributed by atoms with Crippen LogP contribution in [0.25, 0.3) is 0 Å². The fourth-order valence-electron chi connectivity index (χ4n) is 9.66. The highest BCUT2D eigenvalue weighted by Crippen LogP contribution is 2.48. The van der Waals surface area contributed by atoms with Crippen molar-refractivity contribution >= 4 is 5.78 Å². The molecule has 7 aliphatic heterocycles. The van der Waals surface area contributed by atoms with Gasteiger partial charge >= 0.3 is 0 Å². The van der Waals surface area contributed by atoms with E-state index in [0.717, 1.165) is 57.8 Å². The zero-order valence-electron chi connectivity index (χ0n) is 30.2. The van der Waals surface area contributed by atoms with Gasteiger partial charge in [-0.1, -0.05) is 20.1 Å². The summed E-state index contributed by atoms with van der Waals surface area (Å²) in [4.78, 5) is 13.3. The Bertz CT molecular complexity index is 1190. The first-order chi connectivity index (χ1) is 23.6. The number of ether oxygens (including phenoxy) is 9. The second-order valence-corrected chi connectivity index (χ2v) is 16.1. The number of fused-ring (bicyclic) bond motifs is 8. The number of hydrogen-bond acceptors (Lipinski definition) is 10.